The normalized spacial score (nSPS) is 19.6. The van der Waals surface area contributed by atoms with Gasteiger partial charge < -0.3 is 15.1 Å². The molecule has 2 rings (SSSR count). The van der Waals surface area contributed by atoms with E-state index in [-0.39, 0.29) is 0 Å². The summed E-state index contributed by atoms with van der Waals surface area (Å²) < 4.78 is 5.31. The zero-order valence-electron chi connectivity index (χ0n) is 9.28. The summed E-state index contributed by atoms with van der Waals surface area (Å²) in [6, 6.07) is 2.05. The molecule has 0 atom stereocenters. The molecule has 1 aliphatic rings. The van der Waals surface area contributed by atoms with Gasteiger partial charge in [-0.2, -0.15) is 0 Å². The number of nitrogens with zero attached hydrogens (tertiary/aromatic N) is 2. The lowest BCUT2D eigenvalue weighted by molar-refractivity contribution is 0.148. The van der Waals surface area contributed by atoms with E-state index < -0.39 is 0 Å². The molecule has 0 aromatic carbocycles. The predicted molar refractivity (Wildman–Crippen MR) is 59.4 cm³/mol. The second kappa shape index (κ2) is 4.79. The van der Waals surface area contributed by atoms with Crippen molar-refractivity contribution >= 4 is 0 Å². The summed E-state index contributed by atoms with van der Waals surface area (Å²) in [6.07, 6.45) is 1.82. The van der Waals surface area contributed by atoms with Crippen LogP contribution in [0.1, 0.15) is 11.3 Å². The van der Waals surface area contributed by atoms with Gasteiger partial charge in [0.25, 0.3) is 0 Å². The Hall–Kier alpha value is -0.840. The molecule has 0 bridgehead atoms. The smallest absolute Gasteiger partial charge is 0.117 e. The minimum atomic E-state index is 0.489. The summed E-state index contributed by atoms with van der Waals surface area (Å²) in [6.45, 7) is 6.06. The van der Waals surface area contributed by atoms with Gasteiger partial charge in [0, 0.05) is 38.3 Å². The molecule has 0 saturated carbocycles. The Kier molecular flexibility index (Phi) is 3.41. The van der Waals surface area contributed by atoms with Crippen molar-refractivity contribution in [2.75, 3.05) is 33.2 Å². The van der Waals surface area contributed by atoms with E-state index in [4.69, 9.17) is 10.2 Å². The van der Waals surface area contributed by atoms with Crippen molar-refractivity contribution in [2.24, 2.45) is 5.73 Å². The van der Waals surface area contributed by atoms with Crippen LogP contribution >= 0.6 is 0 Å². The van der Waals surface area contributed by atoms with Gasteiger partial charge in [0.2, 0.25) is 0 Å². The molecular formula is C11H19N3O. The third kappa shape index (κ3) is 2.81. The lowest BCUT2D eigenvalue weighted by Crippen LogP contribution is -2.43. The Morgan fingerprint density at radius 2 is 2.07 bits per heavy atom. The van der Waals surface area contributed by atoms with Crippen LogP contribution in [0, 0.1) is 0 Å². The van der Waals surface area contributed by atoms with Crippen LogP contribution in [0.5, 0.6) is 0 Å². The van der Waals surface area contributed by atoms with E-state index >= 15 is 0 Å². The summed E-state index contributed by atoms with van der Waals surface area (Å²) in [5.74, 6) is 0.874. The maximum absolute atomic E-state index is 5.50. The number of hydrogen-bond donors (Lipinski definition) is 1. The molecule has 4 nitrogen and oxygen atoms in total. The lowest BCUT2D eigenvalue weighted by atomic mass is 10.2. The molecule has 0 unspecified atom stereocenters. The Morgan fingerprint density at radius 1 is 1.33 bits per heavy atom. The van der Waals surface area contributed by atoms with Gasteiger partial charge in [0.15, 0.2) is 0 Å². The van der Waals surface area contributed by atoms with Crippen LogP contribution in [0.2, 0.25) is 0 Å². The standard InChI is InChI=1S/C11H19N3O/c1-13-2-4-14(5-3-13)8-10-6-11(7-12)15-9-10/h6,9H,2-5,7-8,12H2,1H3. The van der Waals surface area contributed by atoms with Crippen LogP contribution < -0.4 is 5.73 Å². The highest BCUT2D eigenvalue weighted by molar-refractivity contribution is 5.12. The zero-order valence-corrected chi connectivity index (χ0v) is 9.28. The highest BCUT2D eigenvalue weighted by atomic mass is 16.3. The summed E-state index contributed by atoms with van der Waals surface area (Å²) in [5, 5.41) is 0. The molecule has 84 valence electrons. The number of hydrogen-bond acceptors (Lipinski definition) is 4. The number of piperazine rings is 1. The molecule has 0 spiro atoms. The van der Waals surface area contributed by atoms with Crippen LogP contribution in [0.25, 0.3) is 0 Å². The molecule has 1 fully saturated rings. The molecule has 15 heavy (non-hydrogen) atoms. The number of nitrogens with two attached hydrogens (primary N) is 1. The van der Waals surface area contributed by atoms with Crippen molar-refractivity contribution in [3.8, 4) is 0 Å². The van der Waals surface area contributed by atoms with Gasteiger partial charge in [-0.3, -0.25) is 4.90 Å². The van der Waals surface area contributed by atoms with Gasteiger partial charge in [-0.05, 0) is 13.1 Å². The molecule has 2 heterocycles. The molecule has 1 aromatic heterocycles. The summed E-state index contributed by atoms with van der Waals surface area (Å²) in [7, 11) is 2.17. The summed E-state index contributed by atoms with van der Waals surface area (Å²) in [4.78, 5) is 4.81. The van der Waals surface area contributed by atoms with E-state index in [2.05, 4.69) is 22.9 Å². The first-order valence-electron chi connectivity index (χ1n) is 5.45. The Balaban J connectivity index is 1.86. The highest BCUT2D eigenvalue weighted by Gasteiger charge is 2.14. The topological polar surface area (TPSA) is 45.6 Å². The zero-order chi connectivity index (χ0) is 10.7. The van der Waals surface area contributed by atoms with E-state index in [1.807, 2.05) is 6.26 Å². The number of furan rings is 1. The molecule has 1 saturated heterocycles. The third-order valence-corrected chi connectivity index (χ3v) is 2.91. The van der Waals surface area contributed by atoms with Crippen molar-refractivity contribution in [3.05, 3.63) is 23.7 Å². The van der Waals surface area contributed by atoms with Gasteiger partial charge in [0.1, 0.15) is 5.76 Å². The van der Waals surface area contributed by atoms with Crippen molar-refractivity contribution in [3.63, 3.8) is 0 Å². The Morgan fingerprint density at radius 3 is 2.67 bits per heavy atom. The maximum atomic E-state index is 5.50. The van der Waals surface area contributed by atoms with Gasteiger partial charge in [-0.1, -0.05) is 0 Å². The number of likely N-dealkylation sites (N-methyl/N-ethyl adjacent to an activating group) is 1. The van der Waals surface area contributed by atoms with Crippen LogP contribution in [0.3, 0.4) is 0 Å². The van der Waals surface area contributed by atoms with Crippen molar-refractivity contribution in [2.45, 2.75) is 13.1 Å². The summed E-state index contributed by atoms with van der Waals surface area (Å²) >= 11 is 0. The first-order valence-corrected chi connectivity index (χ1v) is 5.45. The van der Waals surface area contributed by atoms with Gasteiger partial charge in [-0.25, -0.2) is 0 Å². The Labute approximate surface area is 90.6 Å². The molecule has 0 aliphatic carbocycles. The first kappa shape index (κ1) is 10.7. The summed E-state index contributed by atoms with van der Waals surface area (Å²) in [5.41, 5.74) is 6.74. The van der Waals surface area contributed by atoms with E-state index in [0.717, 1.165) is 38.5 Å². The SMILES string of the molecule is CN1CCN(Cc2coc(CN)c2)CC1. The molecular weight excluding hydrogens is 190 g/mol. The third-order valence-electron chi connectivity index (χ3n) is 2.91. The van der Waals surface area contributed by atoms with Crippen LogP contribution in [-0.4, -0.2) is 43.0 Å². The molecule has 2 N–H and O–H groups in total. The van der Waals surface area contributed by atoms with E-state index in [9.17, 15) is 0 Å². The first-order chi connectivity index (χ1) is 7.28. The fourth-order valence-electron chi connectivity index (χ4n) is 1.88. The molecule has 1 aliphatic heterocycles. The number of rotatable bonds is 3. The quantitative estimate of drug-likeness (QED) is 0.787. The van der Waals surface area contributed by atoms with Crippen molar-refractivity contribution < 1.29 is 4.42 Å². The van der Waals surface area contributed by atoms with Crippen LogP contribution in [0.15, 0.2) is 16.7 Å². The maximum Gasteiger partial charge on any atom is 0.117 e. The van der Waals surface area contributed by atoms with E-state index in [1.54, 1.807) is 0 Å². The monoisotopic (exact) mass is 209 g/mol. The highest BCUT2D eigenvalue weighted by Crippen LogP contribution is 2.11. The largest absolute Gasteiger partial charge is 0.468 e. The van der Waals surface area contributed by atoms with E-state index in [0.29, 0.717) is 6.54 Å². The molecule has 1 aromatic rings. The average Bonchev–Trinajstić information content (AvgIpc) is 2.69. The molecule has 4 heteroatoms. The van der Waals surface area contributed by atoms with Gasteiger partial charge in [0.05, 0.1) is 12.8 Å². The van der Waals surface area contributed by atoms with Crippen molar-refractivity contribution in [1.82, 2.24) is 9.80 Å². The van der Waals surface area contributed by atoms with Crippen molar-refractivity contribution in [1.29, 1.82) is 0 Å². The van der Waals surface area contributed by atoms with Crippen LogP contribution in [-0.2, 0) is 13.1 Å². The van der Waals surface area contributed by atoms with Crippen LogP contribution in [0.4, 0.5) is 0 Å². The minimum absolute atomic E-state index is 0.489. The van der Waals surface area contributed by atoms with Gasteiger partial charge in [-0.15, -0.1) is 0 Å². The fraction of sp³-hybridized carbons (Fsp3) is 0.636. The molecule has 0 amide bonds. The lowest BCUT2D eigenvalue weighted by Gasteiger charge is -2.31. The second-order valence-electron chi connectivity index (χ2n) is 4.20. The Bertz CT molecular complexity index is 303. The van der Waals surface area contributed by atoms with E-state index in [1.165, 1.54) is 5.56 Å². The molecule has 0 radical (unpaired) electrons. The average molecular weight is 209 g/mol. The fourth-order valence-corrected chi connectivity index (χ4v) is 1.88. The minimum Gasteiger partial charge on any atom is -0.468 e. The van der Waals surface area contributed by atoms with Gasteiger partial charge >= 0.3 is 0 Å². The predicted octanol–water partition coefficient (Wildman–Crippen LogP) is 0.486. The second-order valence-corrected chi connectivity index (χ2v) is 4.20.